The van der Waals surface area contributed by atoms with Crippen LogP contribution in [-0.2, 0) is 4.79 Å². The van der Waals surface area contributed by atoms with Crippen LogP contribution in [-0.4, -0.2) is 10.8 Å². The Morgan fingerprint density at radius 1 is 1.42 bits per heavy atom. The van der Waals surface area contributed by atoms with Gasteiger partial charge in [-0.25, -0.2) is 0 Å². The average molecular weight is 263 g/mol. The minimum Gasteiger partial charge on any atom is -0.393 e. The molecule has 6 heteroatoms. The first-order chi connectivity index (χ1) is 8.99. The summed E-state index contributed by atoms with van der Waals surface area (Å²) in [5, 5.41) is 13.7. The molecule has 0 bridgehead atoms. The summed E-state index contributed by atoms with van der Waals surface area (Å²) < 4.78 is 0. The zero-order valence-corrected chi connectivity index (χ0v) is 11.0. The number of carbonyl (C=O) groups excluding carboxylic acids is 1. The van der Waals surface area contributed by atoms with Gasteiger partial charge in [-0.3, -0.25) is 14.9 Å². The van der Waals surface area contributed by atoms with E-state index in [0.29, 0.717) is 11.3 Å². The number of hydrogen-bond donors (Lipinski definition) is 2. The van der Waals surface area contributed by atoms with E-state index >= 15 is 0 Å². The van der Waals surface area contributed by atoms with Crippen LogP contribution in [0.25, 0.3) is 0 Å². The normalized spacial score (nSPS) is 17.4. The van der Waals surface area contributed by atoms with E-state index in [1.165, 1.54) is 12.1 Å². The van der Waals surface area contributed by atoms with Gasteiger partial charge < -0.3 is 11.1 Å². The van der Waals surface area contributed by atoms with Crippen molar-refractivity contribution in [1.29, 1.82) is 0 Å². The number of nitro groups is 1. The van der Waals surface area contributed by atoms with Gasteiger partial charge in [0, 0.05) is 11.8 Å². The number of anilines is 2. The van der Waals surface area contributed by atoms with Crippen molar-refractivity contribution in [3.8, 4) is 0 Å². The number of nitrogens with zero attached hydrogens (tertiary/aromatic N) is 1. The number of rotatable bonds is 4. The first-order valence-corrected chi connectivity index (χ1v) is 6.38. The predicted octanol–water partition coefficient (Wildman–Crippen LogP) is 2.65. The van der Waals surface area contributed by atoms with Gasteiger partial charge in [0.1, 0.15) is 5.69 Å². The second-order valence-corrected chi connectivity index (χ2v) is 4.80. The fourth-order valence-electron chi connectivity index (χ4n) is 2.72. The molecule has 1 aliphatic rings. The Kier molecular flexibility index (Phi) is 3.42. The van der Waals surface area contributed by atoms with Crippen LogP contribution in [0.4, 0.5) is 17.1 Å². The van der Waals surface area contributed by atoms with Crippen LogP contribution >= 0.6 is 0 Å². The fraction of sp³-hybridized carbons (Fsp3) is 0.462. The van der Waals surface area contributed by atoms with Gasteiger partial charge in [-0.1, -0.05) is 26.7 Å². The second kappa shape index (κ2) is 4.87. The van der Waals surface area contributed by atoms with Gasteiger partial charge in [-0.05, 0) is 17.5 Å². The van der Waals surface area contributed by atoms with Crippen LogP contribution in [0, 0.1) is 16.0 Å². The Hall–Kier alpha value is -2.11. The molecule has 3 N–H and O–H groups in total. The summed E-state index contributed by atoms with van der Waals surface area (Å²) in [5.41, 5.74) is 6.87. The molecule has 1 aromatic rings. The molecule has 1 atom stereocenters. The Labute approximate surface area is 111 Å². The summed E-state index contributed by atoms with van der Waals surface area (Å²) in [6.45, 7) is 4.04. The van der Waals surface area contributed by atoms with Crippen LogP contribution in [0.15, 0.2) is 12.1 Å². The van der Waals surface area contributed by atoms with Crippen molar-refractivity contribution in [2.45, 2.75) is 32.6 Å². The van der Waals surface area contributed by atoms with Crippen LogP contribution in [0.3, 0.4) is 0 Å². The lowest BCUT2D eigenvalue weighted by Crippen LogP contribution is -2.20. The molecular weight excluding hydrogens is 246 g/mol. The van der Waals surface area contributed by atoms with Crippen LogP contribution < -0.4 is 11.1 Å². The molecule has 0 spiro atoms. The number of carbonyl (C=O) groups is 1. The number of benzene rings is 1. The van der Waals surface area contributed by atoms with Crippen molar-refractivity contribution in [2.75, 3.05) is 11.1 Å². The predicted molar refractivity (Wildman–Crippen MR) is 73.0 cm³/mol. The highest BCUT2D eigenvalue weighted by Gasteiger charge is 2.37. The lowest BCUT2D eigenvalue weighted by molar-refractivity contribution is -0.383. The summed E-state index contributed by atoms with van der Waals surface area (Å²) in [5.74, 6) is -0.225. The van der Waals surface area contributed by atoms with Gasteiger partial charge in [0.2, 0.25) is 5.91 Å². The molecule has 102 valence electrons. The molecule has 0 radical (unpaired) electrons. The van der Waals surface area contributed by atoms with Gasteiger partial charge in [0.15, 0.2) is 0 Å². The van der Waals surface area contributed by atoms with Crippen molar-refractivity contribution >= 4 is 23.0 Å². The molecule has 1 unspecified atom stereocenters. The Morgan fingerprint density at radius 3 is 2.58 bits per heavy atom. The Balaban J connectivity index is 2.52. The molecule has 0 saturated carbocycles. The highest BCUT2D eigenvalue weighted by molar-refractivity contribution is 6.04. The molecule has 0 aromatic heterocycles. The van der Waals surface area contributed by atoms with E-state index in [9.17, 15) is 14.9 Å². The molecule has 1 aliphatic heterocycles. The first-order valence-electron chi connectivity index (χ1n) is 6.38. The van der Waals surface area contributed by atoms with Crippen LogP contribution in [0.1, 0.15) is 38.2 Å². The van der Waals surface area contributed by atoms with E-state index in [1.54, 1.807) is 0 Å². The van der Waals surface area contributed by atoms with Crippen molar-refractivity contribution in [3.05, 3.63) is 27.8 Å². The van der Waals surface area contributed by atoms with Crippen molar-refractivity contribution < 1.29 is 9.72 Å². The molecule has 1 amide bonds. The summed E-state index contributed by atoms with van der Waals surface area (Å²) in [7, 11) is 0. The zero-order valence-electron chi connectivity index (χ0n) is 11.0. The Morgan fingerprint density at radius 2 is 2.05 bits per heavy atom. The lowest BCUT2D eigenvalue weighted by atomic mass is 9.83. The molecule has 6 nitrogen and oxygen atoms in total. The van der Waals surface area contributed by atoms with E-state index in [-0.39, 0.29) is 29.1 Å². The first kappa shape index (κ1) is 13.3. The molecule has 1 heterocycles. The fourth-order valence-corrected chi connectivity index (χ4v) is 2.72. The smallest absolute Gasteiger partial charge is 0.292 e. The van der Waals surface area contributed by atoms with Gasteiger partial charge in [-0.2, -0.15) is 0 Å². The van der Waals surface area contributed by atoms with E-state index in [4.69, 9.17) is 5.73 Å². The summed E-state index contributed by atoms with van der Waals surface area (Å²) in [6.07, 6.45) is 1.71. The minimum atomic E-state index is -0.512. The number of amides is 1. The summed E-state index contributed by atoms with van der Waals surface area (Å²) in [4.78, 5) is 22.5. The molecular formula is C13H17N3O3. The molecule has 0 saturated heterocycles. The van der Waals surface area contributed by atoms with Crippen LogP contribution in [0.2, 0.25) is 0 Å². The largest absolute Gasteiger partial charge is 0.393 e. The van der Waals surface area contributed by atoms with Crippen LogP contribution in [0.5, 0.6) is 0 Å². The summed E-state index contributed by atoms with van der Waals surface area (Å²) in [6, 6.07) is 2.92. The minimum absolute atomic E-state index is 0.0780. The van der Waals surface area contributed by atoms with Gasteiger partial charge >= 0.3 is 0 Å². The van der Waals surface area contributed by atoms with Crippen molar-refractivity contribution in [2.24, 2.45) is 5.92 Å². The summed E-state index contributed by atoms with van der Waals surface area (Å²) >= 11 is 0. The van der Waals surface area contributed by atoms with Crippen molar-refractivity contribution in [3.63, 3.8) is 0 Å². The van der Waals surface area contributed by atoms with E-state index < -0.39 is 4.92 Å². The third-order valence-electron chi connectivity index (χ3n) is 3.79. The Bertz CT molecular complexity index is 538. The standard InChI is InChI=1S/C13H17N3O3/c1-3-7(4-2)12-8-5-11(16(18)19)9(14)6-10(8)15-13(12)17/h5-7,12H,3-4,14H2,1-2H3,(H,15,17). The third-order valence-corrected chi connectivity index (χ3v) is 3.79. The average Bonchev–Trinajstić information content (AvgIpc) is 2.66. The highest BCUT2D eigenvalue weighted by atomic mass is 16.6. The number of fused-ring (bicyclic) bond motifs is 1. The maximum absolute atomic E-state index is 12.1. The molecule has 0 aliphatic carbocycles. The molecule has 2 rings (SSSR count). The number of hydrogen-bond acceptors (Lipinski definition) is 4. The van der Waals surface area contributed by atoms with E-state index in [1.807, 2.05) is 13.8 Å². The van der Waals surface area contributed by atoms with Crippen molar-refractivity contribution in [1.82, 2.24) is 0 Å². The van der Waals surface area contributed by atoms with Gasteiger partial charge in [0.05, 0.1) is 10.8 Å². The van der Waals surface area contributed by atoms with E-state index in [0.717, 1.165) is 12.8 Å². The highest BCUT2D eigenvalue weighted by Crippen LogP contribution is 2.43. The van der Waals surface area contributed by atoms with Gasteiger partial charge in [-0.15, -0.1) is 0 Å². The number of nitrogens with two attached hydrogens (primary N) is 1. The molecule has 0 fully saturated rings. The maximum atomic E-state index is 12.1. The lowest BCUT2D eigenvalue weighted by Gasteiger charge is -2.18. The SMILES string of the molecule is CCC(CC)C1C(=O)Nc2cc(N)c([N+](=O)[O-])cc21. The number of nitrogens with one attached hydrogen (secondary N) is 1. The van der Waals surface area contributed by atoms with E-state index in [2.05, 4.69) is 5.32 Å². The monoisotopic (exact) mass is 263 g/mol. The second-order valence-electron chi connectivity index (χ2n) is 4.80. The molecule has 1 aromatic carbocycles. The quantitative estimate of drug-likeness (QED) is 0.495. The van der Waals surface area contributed by atoms with Gasteiger partial charge in [0.25, 0.3) is 5.69 Å². The number of nitro benzene ring substituents is 1. The zero-order chi connectivity index (χ0) is 14.2. The third kappa shape index (κ3) is 2.14. The number of nitrogen functional groups attached to an aromatic ring is 1. The molecule has 19 heavy (non-hydrogen) atoms. The maximum Gasteiger partial charge on any atom is 0.292 e. The topological polar surface area (TPSA) is 98.3 Å².